The summed E-state index contributed by atoms with van der Waals surface area (Å²) in [6, 6.07) is 5.51. The number of hydrogen-bond acceptors (Lipinski definition) is 3. The summed E-state index contributed by atoms with van der Waals surface area (Å²) in [5.74, 6) is 1.11. The summed E-state index contributed by atoms with van der Waals surface area (Å²) in [7, 11) is 0. The smallest absolute Gasteiger partial charge is 0.257 e. The molecule has 0 heterocycles. The lowest BCUT2D eigenvalue weighted by Crippen LogP contribution is -2.30. The maximum Gasteiger partial charge on any atom is 0.257 e. The van der Waals surface area contributed by atoms with Crippen molar-refractivity contribution in [1.82, 2.24) is 5.32 Å². The molecule has 0 fully saturated rings. The lowest BCUT2D eigenvalue weighted by molar-refractivity contribution is -0.123. The Kier molecular flexibility index (Phi) is 7.02. The van der Waals surface area contributed by atoms with E-state index in [1.807, 2.05) is 25.1 Å². The molecule has 1 amide bonds. The number of carbonyl (C=O) groups excluding carboxylic acids is 1. The Morgan fingerprint density at radius 2 is 2.10 bits per heavy atom. The van der Waals surface area contributed by atoms with Crippen molar-refractivity contribution in [3.63, 3.8) is 0 Å². The molecule has 0 aromatic heterocycles. The van der Waals surface area contributed by atoms with E-state index in [9.17, 15) is 4.79 Å². The Morgan fingerprint density at radius 3 is 2.70 bits per heavy atom. The van der Waals surface area contributed by atoms with Gasteiger partial charge in [0.1, 0.15) is 5.75 Å². The first-order valence-electron chi connectivity index (χ1n) is 6.84. The first-order valence-corrected chi connectivity index (χ1v) is 7.64. The highest BCUT2D eigenvalue weighted by atomic mass is 79.9. The van der Waals surface area contributed by atoms with Gasteiger partial charge in [-0.2, -0.15) is 0 Å². The largest absolute Gasteiger partial charge is 0.483 e. The maximum atomic E-state index is 11.7. The number of benzene rings is 1. The van der Waals surface area contributed by atoms with Crippen molar-refractivity contribution in [3.8, 4) is 5.75 Å². The van der Waals surface area contributed by atoms with E-state index in [1.165, 1.54) is 0 Å². The summed E-state index contributed by atoms with van der Waals surface area (Å²) in [6.07, 6.45) is 0.966. The third kappa shape index (κ3) is 5.92. The van der Waals surface area contributed by atoms with E-state index in [-0.39, 0.29) is 18.6 Å². The fourth-order valence-corrected chi connectivity index (χ4v) is 2.04. The van der Waals surface area contributed by atoms with Crippen molar-refractivity contribution in [2.24, 2.45) is 11.7 Å². The fraction of sp³-hybridized carbons (Fsp3) is 0.533. The molecule has 4 nitrogen and oxygen atoms in total. The van der Waals surface area contributed by atoms with Crippen LogP contribution in [0.3, 0.4) is 0 Å². The number of nitrogens with two attached hydrogens (primary N) is 1. The van der Waals surface area contributed by atoms with Crippen LogP contribution in [0, 0.1) is 5.92 Å². The first-order chi connectivity index (χ1) is 9.40. The molecule has 0 aliphatic carbocycles. The number of ether oxygens (including phenoxy) is 1. The second-order valence-corrected chi connectivity index (χ2v) is 6.21. The summed E-state index contributed by atoms with van der Waals surface area (Å²) in [5.41, 5.74) is 6.78. The molecule has 112 valence electrons. The second-order valence-electron chi connectivity index (χ2n) is 5.29. The average Bonchev–Trinajstić information content (AvgIpc) is 2.35. The lowest BCUT2D eigenvalue weighted by atomic mass is 10.1. The van der Waals surface area contributed by atoms with Gasteiger partial charge in [0, 0.05) is 22.6 Å². The van der Waals surface area contributed by atoms with E-state index in [0.717, 1.165) is 16.5 Å². The van der Waals surface area contributed by atoms with Gasteiger partial charge in [-0.3, -0.25) is 4.79 Å². The van der Waals surface area contributed by atoms with Crippen LogP contribution in [-0.2, 0) is 4.79 Å². The van der Waals surface area contributed by atoms with Gasteiger partial charge in [-0.25, -0.2) is 0 Å². The van der Waals surface area contributed by atoms with Crippen LogP contribution in [0.5, 0.6) is 5.75 Å². The zero-order valence-corrected chi connectivity index (χ0v) is 13.9. The molecular formula is C15H23BrN2O2. The van der Waals surface area contributed by atoms with Crippen LogP contribution in [0.2, 0.25) is 0 Å². The van der Waals surface area contributed by atoms with E-state index < -0.39 is 0 Å². The number of carbonyl (C=O) groups is 1. The van der Waals surface area contributed by atoms with Gasteiger partial charge in [-0.15, -0.1) is 0 Å². The quantitative estimate of drug-likeness (QED) is 0.800. The molecule has 0 aliphatic heterocycles. The number of amides is 1. The van der Waals surface area contributed by atoms with Crippen molar-refractivity contribution in [3.05, 3.63) is 28.2 Å². The zero-order valence-electron chi connectivity index (χ0n) is 12.3. The minimum Gasteiger partial charge on any atom is -0.483 e. The summed E-state index contributed by atoms with van der Waals surface area (Å²) < 4.78 is 6.48. The standard InChI is InChI=1S/C15H23BrN2O2/c1-10(2)6-7-18-15(19)9-20-14-8-12(16)4-5-13(14)11(3)17/h4-5,8,10-11H,6-7,9,17H2,1-3H3,(H,18,19)/t11-/m1/s1. The number of hydrogen-bond donors (Lipinski definition) is 2. The Bertz CT molecular complexity index is 447. The van der Waals surface area contributed by atoms with Crippen LogP contribution in [0.4, 0.5) is 0 Å². The second kappa shape index (κ2) is 8.27. The van der Waals surface area contributed by atoms with Crippen LogP contribution >= 0.6 is 15.9 Å². The zero-order chi connectivity index (χ0) is 15.1. The van der Waals surface area contributed by atoms with Gasteiger partial charge in [-0.1, -0.05) is 35.8 Å². The van der Waals surface area contributed by atoms with Gasteiger partial charge < -0.3 is 15.8 Å². The highest BCUT2D eigenvalue weighted by Crippen LogP contribution is 2.27. The Balaban J connectivity index is 2.52. The highest BCUT2D eigenvalue weighted by molar-refractivity contribution is 9.10. The molecule has 1 rings (SSSR count). The average molecular weight is 343 g/mol. The third-order valence-electron chi connectivity index (χ3n) is 2.87. The van der Waals surface area contributed by atoms with Crippen molar-refractivity contribution >= 4 is 21.8 Å². The molecule has 0 spiro atoms. The van der Waals surface area contributed by atoms with E-state index in [0.29, 0.717) is 18.2 Å². The molecule has 3 N–H and O–H groups in total. The molecule has 0 saturated carbocycles. The molecule has 5 heteroatoms. The lowest BCUT2D eigenvalue weighted by Gasteiger charge is -2.14. The van der Waals surface area contributed by atoms with Crippen LogP contribution in [0.25, 0.3) is 0 Å². The van der Waals surface area contributed by atoms with Gasteiger partial charge in [0.15, 0.2) is 6.61 Å². The maximum absolute atomic E-state index is 11.7. The Labute approximate surface area is 129 Å². The van der Waals surface area contributed by atoms with Crippen molar-refractivity contribution < 1.29 is 9.53 Å². The van der Waals surface area contributed by atoms with E-state index in [4.69, 9.17) is 10.5 Å². The van der Waals surface area contributed by atoms with Crippen LogP contribution < -0.4 is 15.8 Å². The van der Waals surface area contributed by atoms with Gasteiger partial charge in [-0.05, 0) is 31.4 Å². The van der Waals surface area contributed by atoms with Crippen molar-refractivity contribution in [2.45, 2.75) is 33.2 Å². The number of nitrogens with one attached hydrogen (secondary N) is 1. The molecule has 0 bridgehead atoms. The Morgan fingerprint density at radius 1 is 1.40 bits per heavy atom. The monoisotopic (exact) mass is 342 g/mol. The summed E-state index contributed by atoms with van der Waals surface area (Å²) in [5, 5.41) is 2.84. The van der Waals surface area contributed by atoms with Gasteiger partial charge in [0.2, 0.25) is 0 Å². The molecule has 0 aliphatic rings. The van der Waals surface area contributed by atoms with Gasteiger partial charge >= 0.3 is 0 Å². The molecular weight excluding hydrogens is 320 g/mol. The normalized spacial score (nSPS) is 12.3. The van der Waals surface area contributed by atoms with E-state index in [1.54, 1.807) is 0 Å². The van der Waals surface area contributed by atoms with Gasteiger partial charge in [0.25, 0.3) is 5.91 Å². The molecule has 20 heavy (non-hydrogen) atoms. The molecule has 1 aromatic carbocycles. The topological polar surface area (TPSA) is 64.3 Å². The number of halogens is 1. The van der Waals surface area contributed by atoms with Crippen LogP contribution in [0.15, 0.2) is 22.7 Å². The first kappa shape index (κ1) is 17.0. The third-order valence-corrected chi connectivity index (χ3v) is 3.36. The molecule has 1 atom stereocenters. The summed E-state index contributed by atoms with van der Waals surface area (Å²) in [4.78, 5) is 11.7. The summed E-state index contributed by atoms with van der Waals surface area (Å²) >= 11 is 3.39. The predicted molar refractivity (Wildman–Crippen MR) is 84.7 cm³/mol. The van der Waals surface area contributed by atoms with Crippen LogP contribution in [-0.4, -0.2) is 19.1 Å². The fourth-order valence-electron chi connectivity index (χ4n) is 1.70. The minimum atomic E-state index is -0.137. The van der Waals surface area contributed by atoms with E-state index in [2.05, 4.69) is 35.1 Å². The van der Waals surface area contributed by atoms with Gasteiger partial charge in [0.05, 0.1) is 0 Å². The predicted octanol–water partition coefficient (Wildman–Crippen LogP) is 3.01. The molecule has 0 radical (unpaired) electrons. The molecule has 1 aromatic rings. The molecule has 0 unspecified atom stereocenters. The molecule has 0 saturated heterocycles. The highest BCUT2D eigenvalue weighted by Gasteiger charge is 2.10. The minimum absolute atomic E-state index is 0.00820. The number of rotatable bonds is 7. The van der Waals surface area contributed by atoms with Crippen LogP contribution in [0.1, 0.15) is 38.8 Å². The summed E-state index contributed by atoms with van der Waals surface area (Å²) in [6.45, 7) is 6.82. The van der Waals surface area contributed by atoms with E-state index >= 15 is 0 Å². The SMILES string of the molecule is CC(C)CCNC(=O)COc1cc(Br)ccc1[C@@H](C)N. The van der Waals surface area contributed by atoms with Crippen molar-refractivity contribution in [1.29, 1.82) is 0 Å². The van der Waals surface area contributed by atoms with Crippen molar-refractivity contribution in [2.75, 3.05) is 13.2 Å². The Hall–Kier alpha value is -1.07.